The summed E-state index contributed by atoms with van der Waals surface area (Å²) in [5.41, 5.74) is 3.18. The maximum Gasteiger partial charge on any atom is 0.255 e. The van der Waals surface area contributed by atoms with Crippen molar-refractivity contribution in [3.8, 4) is 0 Å². The Balaban J connectivity index is 1.48. The Labute approximate surface area is 165 Å². The fourth-order valence-corrected chi connectivity index (χ4v) is 4.82. The second-order valence-corrected chi connectivity index (χ2v) is 9.00. The Bertz CT molecular complexity index is 933. The van der Waals surface area contributed by atoms with E-state index in [9.17, 15) is 4.79 Å². The number of anilines is 1. The number of nitrogens with one attached hydrogen (secondary N) is 1. The molecule has 6 heteroatoms. The quantitative estimate of drug-likeness (QED) is 0.620. The number of thiophene rings is 1. The molecule has 0 saturated heterocycles. The number of furan rings is 1. The predicted octanol–water partition coefficient (Wildman–Crippen LogP) is 4.98. The van der Waals surface area contributed by atoms with E-state index in [2.05, 4.69) is 57.3 Å². The molecule has 1 aliphatic heterocycles. The topological polar surface area (TPSA) is 45.5 Å². The van der Waals surface area contributed by atoms with E-state index < -0.39 is 0 Å². The molecule has 1 N–H and O–H groups in total. The molecule has 3 aromatic rings. The molecule has 26 heavy (non-hydrogen) atoms. The molecule has 0 fully saturated rings. The van der Waals surface area contributed by atoms with Crippen LogP contribution in [0, 0.1) is 0 Å². The van der Waals surface area contributed by atoms with Crippen molar-refractivity contribution in [3.63, 3.8) is 0 Å². The zero-order chi connectivity index (χ0) is 18.1. The monoisotopic (exact) mass is 430 g/mol. The van der Waals surface area contributed by atoms with Crippen molar-refractivity contribution in [3.05, 3.63) is 74.3 Å². The molecule has 4 nitrogen and oxygen atoms in total. The lowest BCUT2D eigenvalue weighted by Gasteiger charge is -2.24. The number of hydrogen-bond acceptors (Lipinski definition) is 4. The summed E-state index contributed by atoms with van der Waals surface area (Å²) >= 11 is 5.06. The van der Waals surface area contributed by atoms with Crippen molar-refractivity contribution in [1.82, 2.24) is 5.32 Å². The van der Waals surface area contributed by atoms with Gasteiger partial charge in [-0.3, -0.25) is 4.79 Å². The molecule has 0 bridgehead atoms. The highest BCUT2D eigenvalue weighted by molar-refractivity contribution is 9.11. The molecule has 1 aromatic carbocycles. The average Bonchev–Trinajstić information content (AvgIpc) is 3.33. The van der Waals surface area contributed by atoms with Crippen LogP contribution >= 0.6 is 27.3 Å². The van der Waals surface area contributed by atoms with E-state index in [0.717, 1.165) is 15.1 Å². The van der Waals surface area contributed by atoms with Crippen LogP contribution in [0.25, 0.3) is 0 Å². The van der Waals surface area contributed by atoms with Crippen LogP contribution in [0.5, 0.6) is 0 Å². The Morgan fingerprint density at radius 1 is 1.31 bits per heavy atom. The lowest BCUT2D eigenvalue weighted by atomic mass is 10.1. The first-order valence-corrected chi connectivity index (χ1v) is 10.2. The van der Waals surface area contributed by atoms with E-state index >= 15 is 0 Å². The smallest absolute Gasteiger partial charge is 0.255 e. The third kappa shape index (κ3) is 3.44. The van der Waals surface area contributed by atoms with Gasteiger partial charge >= 0.3 is 0 Å². The maximum absolute atomic E-state index is 12.6. The van der Waals surface area contributed by atoms with Gasteiger partial charge in [0.25, 0.3) is 5.91 Å². The molecule has 0 spiro atoms. The zero-order valence-electron chi connectivity index (χ0n) is 14.4. The van der Waals surface area contributed by atoms with Gasteiger partial charge in [-0.25, -0.2) is 0 Å². The third-order valence-electron chi connectivity index (χ3n) is 4.70. The van der Waals surface area contributed by atoms with Crippen LogP contribution in [0.2, 0.25) is 0 Å². The first-order valence-electron chi connectivity index (χ1n) is 8.55. The number of carbonyl (C=O) groups is 1. The van der Waals surface area contributed by atoms with Crippen LogP contribution < -0.4 is 10.2 Å². The molecule has 0 aliphatic carbocycles. The lowest BCUT2D eigenvalue weighted by molar-refractivity contribution is 0.0949. The molecular formula is C20H19BrN2O2S. The van der Waals surface area contributed by atoms with Crippen LogP contribution in [0.15, 0.2) is 56.9 Å². The van der Waals surface area contributed by atoms with Gasteiger partial charge in [-0.05, 0) is 59.1 Å². The fourth-order valence-electron chi connectivity index (χ4n) is 3.40. The minimum Gasteiger partial charge on any atom is -0.467 e. The summed E-state index contributed by atoms with van der Waals surface area (Å²) in [4.78, 5) is 16.0. The number of carbonyl (C=O) groups excluding carboxylic acids is 1. The van der Waals surface area contributed by atoms with E-state index in [1.807, 2.05) is 12.1 Å². The largest absolute Gasteiger partial charge is 0.467 e. The predicted molar refractivity (Wildman–Crippen MR) is 108 cm³/mol. The first kappa shape index (κ1) is 17.4. The van der Waals surface area contributed by atoms with Gasteiger partial charge < -0.3 is 14.6 Å². The summed E-state index contributed by atoms with van der Waals surface area (Å²) in [5.74, 6) is 0.608. The average molecular weight is 431 g/mol. The van der Waals surface area contributed by atoms with Crippen molar-refractivity contribution in [2.75, 3.05) is 4.90 Å². The molecule has 3 heterocycles. The van der Waals surface area contributed by atoms with E-state index in [0.29, 0.717) is 30.5 Å². The standard InChI is InChI=1S/C20H19BrN2O2S/c1-13-10-14-4-2-3-5-17(14)23(13)12-18-16(8-9-25-18)20(24)22-11-15-6-7-19(21)26-15/h2-9,13H,10-12H2,1H3,(H,22,24). The summed E-state index contributed by atoms with van der Waals surface area (Å²) < 4.78 is 6.72. The number of rotatable bonds is 5. The number of benzene rings is 1. The van der Waals surface area contributed by atoms with Crippen molar-refractivity contribution in [2.45, 2.75) is 32.5 Å². The lowest BCUT2D eigenvalue weighted by Crippen LogP contribution is -2.30. The summed E-state index contributed by atoms with van der Waals surface area (Å²) in [6.07, 6.45) is 2.62. The van der Waals surface area contributed by atoms with Crippen molar-refractivity contribution >= 4 is 38.9 Å². The molecular weight excluding hydrogens is 412 g/mol. The van der Waals surface area contributed by atoms with E-state index in [1.165, 1.54) is 11.3 Å². The van der Waals surface area contributed by atoms with Crippen LogP contribution in [-0.4, -0.2) is 11.9 Å². The number of nitrogens with zero attached hydrogens (tertiary/aromatic N) is 1. The van der Waals surface area contributed by atoms with Crippen LogP contribution in [0.4, 0.5) is 5.69 Å². The van der Waals surface area contributed by atoms with Gasteiger partial charge in [0.15, 0.2) is 0 Å². The number of para-hydroxylation sites is 1. The highest BCUT2D eigenvalue weighted by Crippen LogP contribution is 2.33. The zero-order valence-corrected chi connectivity index (χ0v) is 16.8. The summed E-state index contributed by atoms with van der Waals surface area (Å²) in [6, 6.07) is 14.6. The van der Waals surface area contributed by atoms with E-state index in [1.54, 1.807) is 23.7 Å². The van der Waals surface area contributed by atoms with Gasteiger partial charge in [-0.1, -0.05) is 18.2 Å². The third-order valence-corrected chi connectivity index (χ3v) is 6.33. The van der Waals surface area contributed by atoms with Crippen molar-refractivity contribution in [2.24, 2.45) is 0 Å². The number of halogens is 1. The number of fused-ring (bicyclic) bond motifs is 1. The fraction of sp³-hybridized carbons (Fsp3) is 0.250. The number of hydrogen-bond donors (Lipinski definition) is 1. The highest BCUT2D eigenvalue weighted by atomic mass is 79.9. The molecule has 1 atom stereocenters. The summed E-state index contributed by atoms with van der Waals surface area (Å²) in [5, 5.41) is 2.98. The van der Waals surface area contributed by atoms with Crippen molar-refractivity contribution < 1.29 is 9.21 Å². The Morgan fingerprint density at radius 3 is 2.96 bits per heavy atom. The van der Waals surface area contributed by atoms with Crippen LogP contribution in [0.1, 0.15) is 33.5 Å². The molecule has 1 amide bonds. The minimum atomic E-state index is -0.0987. The van der Waals surface area contributed by atoms with E-state index in [4.69, 9.17) is 4.42 Å². The molecule has 0 saturated carbocycles. The molecule has 1 aliphatic rings. The van der Waals surface area contributed by atoms with Crippen molar-refractivity contribution in [1.29, 1.82) is 0 Å². The highest BCUT2D eigenvalue weighted by Gasteiger charge is 2.27. The molecule has 134 valence electrons. The Morgan fingerprint density at radius 2 is 2.15 bits per heavy atom. The van der Waals surface area contributed by atoms with Gasteiger partial charge in [-0.15, -0.1) is 11.3 Å². The molecule has 1 unspecified atom stereocenters. The maximum atomic E-state index is 12.6. The SMILES string of the molecule is CC1Cc2ccccc2N1Cc1occc1C(=O)NCc1ccc(Br)s1. The normalized spacial score (nSPS) is 15.9. The Hall–Kier alpha value is -2.05. The minimum absolute atomic E-state index is 0.0987. The molecule has 2 aromatic heterocycles. The second-order valence-electron chi connectivity index (χ2n) is 6.46. The van der Waals surface area contributed by atoms with Gasteiger partial charge in [-0.2, -0.15) is 0 Å². The summed E-state index contributed by atoms with van der Waals surface area (Å²) in [6.45, 7) is 3.32. The molecule has 0 radical (unpaired) electrons. The van der Waals surface area contributed by atoms with Crippen LogP contribution in [-0.2, 0) is 19.5 Å². The first-order chi connectivity index (χ1) is 12.6. The van der Waals surface area contributed by atoms with Gasteiger partial charge in [0.05, 0.1) is 28.7 Å². The summed E-state index contributed by atoms with van der Waals surface area (Å²) in [7, 11) is 0. The van der Waals surface area contributed by atoms with Gasteiger partial charge in [0.1, 0.15) is 5.76 Å². The Kier molecular flexibility index (Phi) is 4.87. The second kappa shape index (κ2) is 7.29. The number of amides is 1. The van der Waals surface area contributed by atoms with Gasteiger partial charge in [0.2, 0.25) is 0 Å². The van der Waals surface area contributed by atoms with Gasteiger partial charge in [0, 0.05) is 16.6 Å². The van der Waals surface area contributed by atoms with Crippen LogP contribution in [0.3, 0.4) is 0 Å². The molecule has 4 rings (SSSR count). The van der Waals surface area contributed by atoms with E-state index in [-0.39, 0.29) is 5.91 Å².